The molecule has 0 spiro atoms. The highest BCUT2D eigenvalue weighted by Gasteiger charge is 2.34. The molecule has 6 rings (SSSR count). The van der Waals surface area contributed by atoms with E-state index in [2.05, 4.69) is 68.7 Å². The summed E-state index contributed by atoms with van der Waals surface area (Å²) in [5, 5.41) is 3.75. The number of imidazole rings is 1. The van der Waals surface area contributed by atoms with Crippen LogP contribution in [0.1, 0.15) is 67.3 Å². The Morgan fingerprint density at radius 3 is 2.60 bits per heavy atom. The second kappa shape index (κ2) is 10.3. The van der Waals surface area contributed by atoms with Crippen LogP contribution in [0.25, 0.3) is 11.0 Å². The second-order valence-electron chi connectivity index (χ2n) is 10.0. The van der Waals surface area contributed by atoms with Crippen LogP contribution in [0.4, 0.5) is 0 Å². The highest BCUT2D eigenvalue weighted by molar-refractivity contribution is 5.74. The van der Waals surface area contributed by atoms with Crippen LogP contribution >= 0.6 is 0 Å². The number of hydrogen-bond donors (Lipinski definition) is 2. The lowest BCUT2D eigenvalue weighted by Crippen LogP contribution is -2.44. The summed E-state index contributed by atoms with van der Waals surface area (Å²) in [4.78, 5) is 20.6. The van der Waals surface area contributed by atoms with E-state index in [9.17, 15) is 0 Å². The van der Waals surface area contributed by atoms with E-state index in [0.29, 0.717) is 18.1 Å². The molecule has 0 radical (unpaired) electrons. The summed E-state index contributed by atoms with van der Waals surface area (Å²) < 4.78 is 0. The molecule has 1 saturated carbocycles. The molecule has 2 N–H and O–H groups in total. The Morgan fingerprint density at radius 2 is 1.74 bits per heavy atom. The minimum atomic E-state index is 0.358. The number of benzene rings is 1. The Bertz CT molecular complexity index is 1210. The lowest BCUT2D eigenvalue weighted by atomic mass is 9.85. The van der Waals surface area contributed by atoms with Gasteiger partial charge < -0.3 is 10.3 Å². The maximum absolute atomic E-state index is 4.94. The molecule has 6 heteroatoms. The van der Waals surface area contributed by atoms with Crippen molar-refractivity contribution >= 4 is 11.0 Å². The van der Waals surface area contributed by atoms with Crippen molar-refractivity contribution in [2.24, 2.45) is 0 Å². The number of pyridine rings is 2. The van der Waals surface area contributed by atoms with E-state index in [4.69, 9.17) is 9.97 Å². The van der Waals surface area contributed by atoms with Crippen molar-refractivity contribution in [3.63, 3.8) is 0 Å². The van der Waals surface area contributed by atoms with Gasteiger partial charge in [-0.1, -0.05) is 24.3 Å². The predicted octanol–water partition coefficient (Wildman–Crippen LogP) is 5.33. The minimum absolute atomic E-state index is 0.358. The third kappa shape index (κ3) is 5.00. The van der Waals surface area contributed by atoms with Gasteiger partial charge in [-0.2, -0.15) is 0 Å². The Morgan fingerprint density at radius 1 is 0.886 bits per heavy atom. The zero-order valence-electron chi connectivity index (χ0n) is 20.2. The lowest BCUT2D eigenvalue weighted by molar-refractivity contribution is 0.0728. The van der Waals surface area contributed by atoms with E-state index >= 15 is 0 Å². The van der Waals surface area contributed by atoms with E-state index in [1.54, 1.807) is 0 Å². The van der Waals surface area contributed by atoms with Crippen molar-refractivity contribution in [3.8, 4) is 0 Å². The van der Waals surface area contributed by atoms with E-state index < -0.39 is 0 Å². The smallest absolute Gasteiger partial charge is 0.121 e. The average Bonchev–Trinajstić information content (AvgIpc) is 3.34. The van der Waals surface area contributed by atoms with Crippen LogP contribution in [-0.2, 0) is 19.5 Å². The number of nitrogens with one attached hydrogen (secondary N) is 2. The van der Waals surface area contributed by atoms with Crippen molar-refractivity contribution < 1.29 is 0 Å². The summed E-state index contributed by atoms with van der Waals surface area (Å²) >= 11 is 0. The summed E-state index contributed by atoms with van der Waals surface area (Å²) in [7, 11) is 0. The third-order valence-electron chi connectivity index (χ3n) is 7.80. The molecule has 1 atom stereocenters. The van der Waals surface area contributed by atoms with Crippen LogP contribution in [0.5, 0.6) is 0 Å². The predicted molar refractivity (Wildman–Crippen MR) is 139 cm³/mol. The van der Waals surface area contributed by atoms with Crippen LogP contribution < -0.4 is 5.32 Å². The Hall–Kier alpha value is -3.09. The monoisotopic (exact) mass is 466 g/mol. The van der Waals surface area contributed by atoms with E-state index in [0.717, 1.165) is 42.1 Å². The molecule has 4 aromatic rings. The number of H-pyrrole nitrogens is 1. The highest BCUT2D eigenvalue weighted by atomic mass is 15.2. The molecule has 0 aliphatic heterocycles. The van der Waals surface area contributed by atoms with Crippen molar-refractivity contribution in [2.45, 2.75) is 76.2 Å². The van der Waals surface area contributed by atoms with Gasteiger partial charge in [0.15, 0.2) is 0 Å². The molecule has 180 valence electrons. The number of hydrogen-bond acceptors (Lipinski definition) is 5. The van der Waals surface area contributed by atoms with Crippen molar-refractivity contribution in [3.05, 3.63) is 89.8 Å². The molecule has 2 aliphatic rings. The summed E-state index contributed by atoms with van der Waals surface area (Å²) in [6.45, 7) is 1.69. The minimum Gasteiger partial charge on any atom is -0.341 e. The third-order valence-corrected chi connectivity index (χ3v) is 7.80. The number of rotatable bonds is 7. The standard InChI is InChI=1S/C29H34N6/c1-2-11-26-25(10-1)33-28(34-26)20-35(27-12-5-7-21-8-6-18-31-29(21)27)24-15-13-22(14-16-24)32-19-23-9-3-4-17-30-23/h1-4,6,8-11,17-18,22,24,27,32H,5,7,12-16,19-20H2,(H,33,34)/t22-,24-,27?. The van der Waals surface area contributed by atoms with Crippen LogP contribution in [0.3, 0.4) is 0 Å². The summed E-state index contributed by atoms with van der Waals surface area (Å²) in [5.74, 6) is 1.06. The quantitative estimate of drug-likeness (QED) is 0.385. The summed E-state index contributed by atoms with van der Waals surface area (Å²) in [6, 6.07) is 20.3. The van der Waals surface area contributed by atoms with E-state index in [1.165, 1.54) is 49.8 Å². The molecule has 0 saturated heterocycles. The molecule has 0 bridgehead atoms. The first-order valence-electron chi connectivity index (χ1n) is 13.1. The number of fused-ring (bicyclic) bond motifs is 2. The molecule has 1 unspecified atom stereocenters. The molecular formula is C29H34N6. The number of nitrogens with zero attached hydrogens (tertiary/aromatic N) is 4. The molecule has 1 fully saturated rings. The highest BCUT2D eigenvalue weighted by Crippen LogP contribution is 2.38. The van der Waals surface area contributed by atoms with Gasteiger partial charge in [0.2, 0.25) is 0 Å². The summed E-state index contributed by atoms with van der Waals surface area (Å²) in [5.41, 5.74) is 5.99. The molecule has 35 heavy (non-hydrogen) atoms. The van der Waals surface area contributed by atoms with Gasteiger partial charge >= 0.3 is 0 Å². The first kappa shape index (κ1) is 22.4. The molecule has 2 aliphatic carbocycles. The van der Waals surface area contributed by atoms with Gasteiger partial charge in [0.25, 0.3) is 0 Å². The SMILES string of the molecule is c1ccc(CN[C@H]2CC[C@H](N(Cc3nc4ccccc4[nH]3)C3CCCc4cccnc43)CC2)nc1. The fourth-order valence-corrected chi connectivity index (χ4v) is 6.02. The van der Waals surface area contributed by atoms with Gasteiger partial charge in [0, 0.05) is 31.0 Å². The zero-order chi connectivity index (χ0) is 23.5. The fraction of sp³-hybridized carbons (Fsp3) is 0.414. The molecule has 6 nitrogen and oxygen atoms in total. The van der Waals surface area contributed by atoms with Crippen LogP contribution in [0, 0.1) is 0 Å². The average molecular weight is 467 g/mol. The Kier molecular flexibility index (Phi) is 6.56. The largest absolute Gasteiger partial charge is 0.341 e. The first-order chi connectivity index (χ1) is 17.3. The van der Waals surface area contributed by atoms with Crippen LogP contribution in [0.15, 0.2) is 67.0 Å². The maximum Gasteiger partial charge on any atom is 0.121 e. The Balaban J connectivity index is 1.20. The van der Waals surface area contributed by atoms with Crippen molar-refractivity contribution in [1.82, 2.24) is 30.2 Å². The first-order valence-corrected chi connectivity index (χ1v) is 13.1. The van der Waals surface area contributed by atoms with Gasteiger partial charge in [-0.3, -0.25) is 14.9 Å². The van der Waals surface area contributed by atoms with Crippen LogP contribution in [0.2, 0.25) is 0 Å². The van der Waals surface area contributed by atoms with Gasteiger partial charge in [-0.05, 0) is 80.8 Å². The number of para-hydroxylation sites is 2. The van der Waals surface area contributed by atoms with Crippen LogP contribution in [-0.4, -0.2) is 36.9 Å². The normalized spacial score (nSPS) is 22.4. The number of aromatic amines is 1. The molecular weight excluding hydrogens is 432 g/mol. The van der Waals surface area contributed by atoms with Gasteiger partial charge in [0.1, 0.15) is 5.82 Å². The molecule has 0 amide bonds. The lowest BCUT2D eigenvalue weighted by Gasteiger charge is -2.42. The topological polar surface area (TPSA) is 69.7 Å². The Labute approximate surface area is 207 Å². The van der Waals surface area contributed by atoms with Gasteiger partial charge in [0.05, 0.1) is 35.0 Å². The number of aromatic nitrogens is 4. The second-order valence-corrected chi connectivity index (χ2v) is 10.0. The zero-order valence-corrected chi connectivity index (χ0v) is 20.2. The van der Waals surface area contributed by atoms with Crippen molar-refractivity contribution in [1.29, 1.82) is 0 Å². The fourth-order valence-electron chi connectivity index (χ4n) is 6.02. The van der Waals surface area contributed by atoms with E-state index in [-0.39, 0.29) is 0 Å². The molecule has 3 heterocycles. The van der Waals surface area contributed by atoms with Gasteiger partial charge in [-0.25, -0.2) is 4.98 Å². The number of aryl methyl sites for hydroxylation is 1. The molecule has 1 aromatic carbocycles. The maximum atomic E-state index is 4.94. The van der Waals surface area contributed by atoms with E-state index in [1.807, 2.05) is 18.5 Å². The van der Waals surface area contributed by atoms with Crippen molar-refractivity contribution in [2.75, 3.05) is 0 Å². The molecule has 3 aromatic heterocycles. The summed E-state index contributed by atoms with van der Waals surface area (Å²) in [6.07, 6.45) is 12.1. The van der Waals surface area contributed by atoms with Gasteiger partial charge in [-0.15, -0.1) is 0 Å².